The summed E-state index contributed by atoms with van der Waals surface area (Å²) in [5, 5.41) is 6.19. The Morgan fingerprint density at radius 3 is 1.52 bits per heavy atom. The Hall–Kier alpha value is -5.04. The quantitative estimate of drug-likeness (QED) is 0.201. The molecule has 226 valence electrons. The second-order valence-corrected chi connectivity index (χ2v) is 11.3. The Morgan fingerprint density at radius 1 is 0.522 bits per heavy atom. The van der Waals surface area contributed by atoms with E-state index in [0.29, 0.717) is 11.6 Å². The van der Waals surface area contributed by atoms with Crippen LogP contribution in [-0.4, -0.2) is 15.0 Å². The Kier molecular flexibility index (Phi) is 9.68. The summed E-state index contributed by atoms with van der Waals surface area (Å²) < 4.78 is 1.11. The lowest BCUT2D eigenvalue weighted by Gasteiger charge is -2.34. The van der Waals surface area contributed by atoms with E-state index in [2.05, 4.69) is 126 Å². The lowest BCUT2D eigenvalue weighted by Crippen LogP contribution is -2.17. The normalized spacial score (nSPS) is 11.2. The average Bonchev–Trinajstić information content (AvgIpc) is 3.12. The summed E-state index contributed by atoms with van der Waals surface area (Å²) in [4.78, 5) is 15.2. The summed E-state index contributed by atoms with van der Waals surface area (Å²) >= 11 is 9.74. The van der Waals surface area contributed by atoms with Gasteiger partial charge in [-0.2, -0.15) is 9.97 Å². The number of benzene rings is 6. The third-order valence-corrected chi connectivity index (χ3v) is 8.13. The van der Waals surface area contributed by atoms with Crippen LogP contribution >= 0.6 is 27.5 Å². The van der Waals surface area contributed by atoms with E-state index in [1.54, 1.807) is 0 Å². The van der Waals surface area contributed by atoms with Gasteiger partial charge in [0, 0.05) is 21.0 Å². The summed E-state index contributed by atoms with van der Waals surface area (Å²) in [7, 11) is 0. The van der Waals surface area contributed by atoms with Crippen molar-refractivity contribution in [3.05, 3.63) is 155 Å². The smallest absolute Gasteiger partial charge is 0.226 e. The van der Waals surface area contributed by atoms with Crippen LogP contribution in [0.3, 0.4) is 0 Å². The molecule has 8 rings (SSSR count). The fourth-order valence-corrected chi connectivity index (χ4v) is 6.07. The number of hydrogen-bond acceptors (Lipinski definition) is 5. The number of halogens is 2. The number of anilines is 5. The largest absolute Gasteiger partial charge is 0.352 e. The average molecular weight is 685 g/mol. The first-order chi connectivity index (χ1) is 22.7. The maximum absolute atomic E-state index is 5.99. The van der Waals surface area contributed by atoms with Crippen LogP contribution in [0.5, 0.6) is 0 Å². The van der Waals surface area contributed by atoms with Gasteiger partial charge in [0.2, 0.25) is 5.28 Å². The SMILES string of the molecule is Brc1cccc2cccc(N3c4ccccc4Nc4ccccc43)c12.CC.Clc1nc(-c2ccccc2)nc(-c2ccccc2)n1. The molecule has 0 saturated carbocycles. The summed E-state index contributed by atoms with van der Waals surface area (Å²) in [6.45, 7) is 4.00. The van der Waals surface area contributed by atoms with Gasteiger partial charge in [0.05, 0.1) is 28.4 Å². The molecule has 5 nitrogen and oxygen atoms in total. The van der Waals surface area contributed by atoms with Gasteiger partial charge >= 0.3 is 0 Å². The fraction of sp³-hybridized carbons (Fsp3) is 0.0513. The van der Waals surface area contributed by atoms with Crippen molar-refractivity contribution in [2.24, 2.45) is 0 Å². The second-order valence-electron chi connectivity index (χ2n) is 10.1. The van der Waals surface area contributed by atoms with Crippen LogP contribution in [0.1, 0.15) is 13.8 Å². The van der Waals surface area contributed by atoms with Gasteiger partial charge in [0.1, 0.15) is 0 Å². The molecule has 0 amide bonds. The Labute approximate surface area is 282 Å². The molecule has 0 atom stereocenters. The predicted molar refractivity (Wildman–Crippen MR) is 197 cm³/mol. The minimum atomic E-state index is 0.202. The van der Waals surface area contributed by atoms with E-state index >= 15 is 0 Å². The Bertz CT molecular complexity index is 1980. The molecule has 6 aromatic carbocycles. The molecule has 0 saturated heterocycles. The predicted octanol–water partition coefficient (Wildman–Crippen LogP) is 12.0. The molecule has 1 aliphatic heterocycles. The maximum Gasteiger partial charge on any atom is 0.226 e. The summed E-state index contributed by atoms with van der Waals surface area (Å²) in [6, 6.07) is 49.1. The van der Waals surface area contributed by atoms with Gasteiger partial charge < -0.3 is 10.2 Å². The molecule has 1 N–H and O–H groups in total. The van der Waals surface area contributed by atoms with Gasteiger partial charge in [-0.3, -0.25) is 0 Å². The molecule has 0 unspecified atom stereocenters. The van der Waals surface area contributed by atoms with Crippen LogP contribution in [0, 0.1) is 0 Å². The maximum atomic E-state index is 5.99. The van der Waals surface area contributed by atoms with Crippen LogP contribution < -0.4 is 10.2 Å². The third kappa shape index (κ3) is 6.50. The monoisotopic (exact) mass is 683 g/mol. The molecule has 7 aromatic rings. The highest BCUT2D eigenvalue weighted by molar-refractivity contribution is 9.10. The van der Waals surface area contributed by atoms with E-state index < -0.39 is 0 Å². The summed E-state index contributed by atoms with van der Waals surface area (Å²) in [5.74, 6) is 1.17. The number of para-hydroxylation sites is 4. The highest BCUT2D eigenvalue weighted by atomic mass is 79.9. The molecule has 0 bridgehead atoms. The van der Waals surface area contributed by atoms with E-state index in [1.165, 1.54) is 16.5 Å². The number of aromatic nitrogens is 3. The summed E-state index contributed by atoms with van der Waals surface area (Å²) in [6.07, 6.45) is 0. The van der Waals surface area contributed by atoms with E-state index in [-0.39, 0.29) is 5.28 Å². The van der Waals surface area contributed by atoms with Crippen molar-refractivity contribution in [3.8, 4) is 22.8 Å². The standard InChI is InChI=1S/C22H15BrN2.C15H10ClN3.C2H6/c23-16-9-5-7-15-8-6-14-21(22(15)16)25-19-12-3-1-10-17(19)24-18-11-2-4-13-20(18)25;16-15-18-13(11-7-3-1-4-8-11)17-14(19-15)12-9-5-2-6-10-12;1-2/h1-14,24H;1-10H;1-2H3. The van der Waals surface area contributed by atoms with Gasteiger partial charge in [-0.15, -0.1) is 0 Å². The highest BCUT2D eigenvalue weighted by Crippen LogP contribution is 2.50. The molecular formula is C39H31BrClN5. The van der Waals surface area contributed by atoms with Crippen LogP contribution in [0.2, 0.25) is 5.28 Å². The highest BCUT2D eigenvalue weighted by Gasteiger charge is 2.25. The second kappa shape index (κ2) is 14.4. The van der Waals surface area contributed by atoms with E-state index in [9.17, 15) is 0 Å². The zero-order valence-electron chi connectivity index (χ0n) is 25.4. The van der Waals surface area contributed by atoms with Crippen molar-refractivity contribution >= 4 is 66.7 Å². The van der Waals surface area contributed by atoms with Crippen LogP contribution in [0.4, 0.5) is 28.4 Å². The fourth-order valence-electron chi connectivity index (χ4n) is 5.33. The van der Waals surface area contributed by atoms with Crippen molar-refractivity contribution in [2.75, 3.05) is 10.2 Å². The van der Waals surface area contributed by atoms with E-state index in [0.717, 1.165) is 38.3 Å². The first kappa shape index (κ1) is 31.0. The molecule has 7 heteroatoms. The van der Waals surface area contributed by atoms with Crippen LogP contribution in [0.25, 0.3) is 33.5 Å². The molecule has 46 heavy (non-hydrogen) atoms. The topological polar surface area (TPSA) is 53.9 Å². The van der Waals surface area contributed by atoms with Crippen LogP contribution in [-0.2, 0) is 0 Å². The molecular weight excluding hydrogens is 654 g/mol. The number of nitrogens with zero attached hydrogens (tertiary/aromatic N) is 4. The van der Waals surface area contributed by atoms with Gasteiger partial charge in [0.25, 0.3) is 0 Å². The molecule has 1 aliphatic rings. The first-order valence-electron chi connectivity index (χ1n) is 15.1. The van der Waals surface area contributed by atoms with Crippen molar-refractivity contribution in [3.63, 3.8) is 0 Å². The minimum Gasteiger partial charge on any atom is -0.352 e. The van der Waals surface area contributed by atoms with Crippen molar-refractivity contribution < 1.29 is 0 Å². The number of nitrogens with one attached hydrogen (secondary N) is 1. The molecule has 1 aromatic heterocycles. The Balaban J connectivity index is 0.000000159. The zero-order chi connectivity index (χ0) is 31.9. The Morgan fingerprint density at radius 2 is 0.978 bits per heavy atom. The van der Waals surface area contributed by atoms with Gasteiger partial charge in [-0.05, 0) is 53.4 Å². The molecule has 0 spiro atoms. The van der Waals surface area contributed by atoms with Gasteiger partial charge in [-0.1, -0.05) is 139 Å². The van der Waals surface area contributed by atoms with Crippen LogP contribution in [0.15, 0.2) is 150 Å². The summed E-state index contributed by atoms with van der Waals surface area (Å²) in [5.41, 5.74) is 7.56. The van der Waals surface area contributed by atoms with Crippen molar-refractivity contribution in [1.29, 1.82) is 0 Å². The van der Waals surface area contributed by atoms with Gasteiger partial charge in [-0.25, -0.2) is 4.98 Å². The first-order valence-corrected chi connectivity index (χ1v) is 16.3. The molecule has 0 aliphatic carbocycles. The van der Waals surface area contributed by atoms with Crippen molar-refractivity contribution in [1.82, 2.24) is 15.0 Å². The zero-order valence-corrected chi connectivity index (χ0v) is 27.7. The number of fused-ring (bicyclic) bond motifs is 3. The lowest BCUT2D eigenvalue weighted by molar-refractivity contribution is 1.07. The minimum absolute atomic E-state index is 0.202. The van der Waals surface area contributed by atoms with Crippen molar-refractivity contribution in [2.45, 2.75) is 13.8 Å². The van der Waals surface area contributed by atoms with E-state index in [4.69, 9.17) is 11.6 Å². The molecule has 0 radical (unpaired) electrons. The number of rotatable bonds is 3. The van der Waals surface area contributed by atoms with E-state index in [1.807, 2.05) is 74.5 Å². The molecule has 0 fully saturated rings. The van der Waals surface area contributed by atoms with Gasteiger partial charge in [0.15, 0.2) is 11.6 Å². The lowest BCUT2D eigenvalue weighted by atomic mass is 10.0. The molecule has 2 heterocycles. The number of hydrogen-bond donors (Lipinski definition) is 1. The third-order valence-electron chi connectivity index (χ3n) is 7.30.